The van der Waals surface area contributed by atoms with Crippen LogP contribution >= 0.6 is 11.3 Å². The fourth-order valence-electron chi connectivity index (χ4n) is 3.11. The van der Waals surface area contributed by atoms with Gasteiger partial charge in [-0.2, -0.15) is 0 Å². The van der Waals surface area contributed by atoms with Crippen LogP contribution in [0.4, 0.5) is 0 Å². The predicted molar refractivity (Wildman–Crippen MR) is 74.3 cm³/mol. The van der Waals surface area contributed by atoms with Gasteiger partial charge in [0.05, 0.1) is 5.54 Å². The Morgan fingerprint density at radius 3 is 2.59 bits per heavy atom. The van der Waals surface area contributed by atoms with Gasteiger partial charge in [0.1, 0.15) is 5.01 Å². The highest BCUT2D eigenvalue weighted by Gasteiger charge is 2.38. The van der Waals surface area contributed by atoms with Gasteiger partial charge in [0, 0.05) is 17.6 Å². The monoisotopic (exact) mass is 252 g/mol. The molecule has 1 atom stereocenters. The lowest BCUT2D eigenvalue weighted by Gasteiger charge is -2.40. The summed E-state index contributed by atoms with van der Waals surface area (Å²) in [5, 5.41) is 7.13. The number of thiazole rings is 1. The van der Waals surface area contributed by atoms with Crippen molar-refractivity contribution in [2.75, 3.05) is 0 Å². The first kappa shape index (κ1) is 13.0. The first-order chi connectivity index (χ1) is 8.13. The van der Waals surface area contributed by atoms with E-state index in [0.29, 0.717) is 6.04 Å². The molecule has 0 bridgehead atoms. The minimum absolute atomic E-state index is 0.0722. The number of rotatable bonds is 4. The Labute approximate surface area is 109 Å². The molecule has 1 unspecified atom stereocenters. The van der Waals surface area contributed by atoms with E-state index in [9.17, 15) is 0 Å². The summed E-state index contributed by atoms with van der Waals surface area (Å²) in [5.41, 5.74) is 0.0722. The zero-order valence-electron chi connectivity index (χ0n) is 11.2. The van der Waals surface area contributed by atoms with Crippen molar-refractivity contribution in [3.8, 4) is 0 Å². The molecule has 96 valence electrons. The molecule has 1 N–H and O–H groups in total. The van der Waals surface area contributed by atoms with Crippen LogP contribution in [0.5, 0.6) is 0 Å². The maximum atomic E-state index is 4.57. The molecular formula is C14H24N2S. The van der Waals surface area contributed by atoms with Crippen LogP contribution in [0.3, 0.4) is 0 Å². The van der Waals surface area contributed by atoms with E-state index in [1.807, 2.05) is 6.20 Å². The smallest absolute Gasteiger partial charge is 0.113 e. The minimum Gasteiger partial charge on any atom is -0.303 e. The SMILES string of the molecule is CC(C)NC(C)(c1nccs1)C1CCCCC1. The Morgan fingerprint density at radius 1 is 1.35 bits per heavy atom. The standard InChI is InChI=1S/C14H24N2S/c1-11(2)16-14(3,13-15-9-10-17-13)12-7-5-4-6-8-12/h9-12,16H,4-8H2,1-3H3. The zero-order valence-corrected chi connectivity index (χ0v) is 12.0. The topological polar surface area (TPSA) is 24.9 Å². The molecule has 0 saturated heterocycles. The number of hydrogen-bond acceptors (Lipinski definition) is 3. The molecule has 1 fully saturated rings. The quantitative estimate of drug-likeness (QED) is 0.878. The summed E-state index contributed by atoms with van der Waals surface area (Å²) in [4.78, 5) is 4.57. The van der Waals surface area contributed by atoms with Gasteiger partial charge < -0.3 is 5.32 Å². The zero-order chi connectivity index (χ0) is 12.3. The molecule has 2 rings (SSSR count). The molecule has 1 saturated carbocycles. The first-order valence-corrected chi connectivity index (χ1v) is 7.68. The fraction of sp³-hybridized carbons (Fsp3) is 0.786. The van der Waals surface area contributed by atoms with Crippen LogP contribution in [-0.4, -0.2) is 11.0 Å². The van der Waals surface area contributed by atoms with Crippen LogP contribution in [0.2, 0.25) is 0 Å². The largest absolute Gasteiger partial charge is 0.303 e. The molecule has 0 aromatic carbocycles. The van der Waals surface area contributed by atoms with Crippen LogP contribution in [-0.2, 0) is 5.54 Å². The van der Waals surface area contributed by atoms with Crippen molar-refractivity contribution >= 4 is 11.3 Å². The van der Waals surface area contributed by atoms with Crippen molar-refractivity contribution in [3.05, 3.63) is 16.6 Å². The van der Waals surface area contributed by atoms with E-state index < -0.39 is 0 Å². The minimum atomic E-state index is 0.0722. The Kier molecular flexibility index (Phi) is 4.21. The van der Waals surface area contributed by atoms with Crippen molar-refractivity contribution in [2.45, 2.75) is 64.5 Å². The Hall–Kier alpha value is -0.410. The van der Waals surface area contributed by atoms with Crippen LogP contribution in [0.25, 0.3) is 0 Å². The second-order valence-electron chi connectivity index (χ2n) is 5.67. The average Bonchev–Trinajstić information content (AvgIpc) is 2.83. The number of nitrogens with one attached hydrogen (secondary N) is 1. The third-order valence-electron chi connectivity index (χ3n) is 3.89. The normalized spacial score (nSPS) is 21.6. The molecular weight excluding hydrogens is 228 g/mol. The molecule has 1 heterocycles. The average molecular weight is 252 g/mol. The number of aromatic nitrogens is 1. The van der Waals surface area contributed by atoms with Gasteiger partial charge in [0.25, 0.3) is 0 Å². The lowest BCUT2D eigenvalue weighted by Crippen LogP contribution is -2.49. The van der Waals surface area contributed by atoms with Crippen LogP contribution in [0, 0.1) is 5.92 Å². The van der Waals surface area contributed by atoms with E-state index >= 15 is 0 Å². The molecule has 1 aliphatic carbocycles. The Bertz CT molecular complexity index is 328. The van der Waals surface area contributed by atoms with Crippen molar-refractivity contribution in [1.29, 1.82) is 0 Å². The fourth-order valence-corrected chi connectivity index (χ4v) is 3.96. The van der Waals surface area contributed by atoms with Crippen molar-refractivity contribution in [3.63, 3.8) is 0 Å². The molecule has 1 aromatic rings. The molecule has 0 amide bonds. The summed E-state index contributed by atoms with van der Waals surface area (Å²) in [7, 11) is 0. The van der Waals surface area contributed by atoms with Gasteiger partial charge in [-0.1, -0.05) is 19.3 Å². The van der Waals surface area contributed by atoms with Crippen molar-refractivity contribution in [1.82, 2.24) is 10.3 Å². The second kappa shape index (κ2) is 5.49. The molecule has 1 aliphatic rings. The van der Waals surface area contributed by atoms with E-state index in [4.69, 9.17) is 0 Å². The van der Waals surface area contributed by atoms with E-state index in [0.717, 1.165) is 5.92 Å². The lowest BCUT2D eigenvalue weighted by molar-refractivity contribution is 0.165. The molecule has 0 aliphatic heterocycles. The summed E-state index contributed by atoms with van der Waals surface area (Å²) in [5.74, 6) is 0.741. The van der Waals surface area contributed by atoms with Crippen LogP contribution < -0.4 is 5.32 Å². The lowest BCUT2D eigenvalue weighted by atomic mass is 9.75. The van der Waals surface area contributed by atoms with Crippen LogP contribution in [0.1, 0.15) is 57.9 Å². The van der Waals surface area contributed by atoms with Gasteiger partial charge >= 0.3 is 0 Å². The van der Waals surface area contributed by atoms with Gasteiger partial charge in [-0.15, -0.1) is 11.3 Å². The van der Waals surface area contributed by atoms with Gasteiger partial charge in [0.2, 0.25) is 0 Å². The van der Waals surface area contributed by atoms with E-state index in [1.165, 1.54) is 37.1 Å². The van der Waals surface area contributed by atoms with E-state index in [1.54, 1.807) is 11.3 Å². The Balaban J connectivity index is 2.22. The third kappa shape index (κ3) is 2.89. The summed E-state index contributed by atoms with van der Waals surface area (Å²) >= 11 is 1.79. The number of hydrogen-bond donors (Lipinski definition) is 1. The van der Waals surface area contributed by atoms with Crippen LogP contribution in [0.15, 0.2) is 11.6 Å². The highest BCUT2D eigenvalue weighted by atomic mass is 32.1. The molecule has 2 nitrogen and oxygen atoms in total. The number of nitrogens with zero attached hydrogens (tertiary/aromatic N) is 1. The molecule has 0 spiro atoms. The third-order valence-corrected chi connectivity index (χ3v) is 4.90. The summed E-state index contributed by atoms with van der Waals surface area (Å²) in [6.45, 7) is 6.81. The van der Waals surface area contributed by atoms with Gasteiger partial charge in [-0.25, -0.2) is 4.98 Å². The second-order valence-corrected chi connectivity index (χ2v) is 6.57. The summed E-state index contributed by atoms with van der Waals surface area (Å²) < 4.78 is 0. The van der Waals surface area contributed by atoms with Gasteiger partial charge in [-0.3, -0.25) is 0 Å². The van der Waals surface area contributed by atoms with Crippen molar-refractivity contribution < 1.29 is 0 Å². The highest BCUT2D eigenvalue weighted by molar-refractivity contribution is 7.09. The van der Waals surface area contributed by atoms with E-state index in [-0.39, 0.29) is 5.54 Å². The molecule has 0 radical (unpaired) electrons. The van der Waals surface area contributed by atoms with E-state index in [2.05, 4.69) is 36.5 Å². The van der Waals surface area contributed by atoms with Crippen molar-refractivity contribution in [2.24, 2.45) is 5.92 Å². The maximum absolute atomic E-state index is 4.57. The predicted octanol–water partition coefficient (Wildman–Crippen LogP) is 3.94. The molecule has 3 heteroatoms. The first-order valence-electron chi connectivity index (χ1n) is 6.80. The van der Waals surface area contributed by atoms with Gasteiger partial charge in [-0.05, 0) is 39.5 Å². The van der Waals surface area contributed by atoms with Gasteiger partial charge in [0.15, 0.2) is 0 Å². The molecule has 17 heavy (non-hydrogen) atoms. The highest BCUT2D eigenvalue weighted by Crippen LogP contribution is 2.40. The maximum Gasteiger partial charge on any atom is 0.113 e. The summed E-state index contributed by atoms with van der Waals surface area (Å²) in [6.07, 6.45) is 8.79. The Morgan fingerprint density at radius 2 is 2.06 bits per heavy atom. The molecule has 1 aromatic heterocycles. The summed E-state index contributed by atoms with van der Waals surface area (Å²) in [6, 6.07) is 0.505.